The third kappa shape index (κ3) is 6.57. The molecule has 1 atom stereocenters. The van der Waals surface area contributed by atoms with Crippen LogP contribution in [0.2, 0.25) is 0 Å². The quantitative estimate of drug-likeness (QED) is 0.250. The van der Waals surface area contributed by atoms with Crippen LogP contribution in [0.1, 0.15) is 19.7 Å². The average Bonchev–Trinajstić information content (AvgIpc) is 3.22. The molecule has 2 aromatic carbocycles. The Hall–Kier alpha value is -2.45. The van der Waals surface area contributed by atoms with Crippen LogP contribution in [0.5, 0.6) is 11.5 Å². The maximum atomic E-state index is 13.0. The summed E-state index contributed by atoms with van der Waals surface area (Å²) in [5, 5.41) is 17.0. The van der Waals surface area contributed by atoms with Gasteiger partial charge < -0.3 is 9.30 Å². The van der Waals surface area contributed by atoms with Crippen LogP contribution in [-0.2, 0) is 27.6 Å². The van der Waals surface area contributed by atoms with Gasteiger partial charge in [-0.15, -0.1) is 22.0 Å². The number of hydroxylamine groups is 1. The molecular weight excluding hydrogens is 546 g/mol. The van der Waals surface area contributed by atoms with Crippen molar-refractivity contribution < 1.29 is 23.2 Å². The maximum Gasteiger partial charge on any atom is 0.262 e. The van der Waals surface area contributed by atoms with Crippen molar-refractivity contribution in [3.63, 3.8) is 0 Å². The summed E-state index contributed by atoms with van der Waals surface area (Å²) in [5.74, 6) is 1.20. The van der Waals surface area contributed by atoms with Crippen molar-refractivity contribution in [3.8, 4) is 11.5 Å². The lowest BCUT2D eigenvalue weighted by atomic mass is 10.0. The largest absolute Gasteiger partial charge is 0.457 e. The normalized spacial score (nSPS) is 12.9. The van der Waals surface area contributed by atoms with E-state index in [2.05, 4.69) is 30.8 Å². The number of carbonyl (C=O) groups is 1. The Morgan fingerprint density at radius 1 is 1.18 bits per heavy atom. The number of amides is 1. The molecule has 0 aliphatic rings. The molecule has 1 unspecified atom stereocenters. The fourth-order valence-electron chi connectivity index (χ4n) is 2.90. The fourth-order valence-corrected chi connectivity index (χ4v) is 5.67. The van der Waals surface area contributed by atoms with E-state index in [0.29, 0.717) is 23.1 Å². The molecule has 0 radical (unpaired) electrons. The fraction of sp³-hybridized carbons (Fsp3) is 0.286. The van der Waals surface area contributed by atoms with Crippen LogP contribution in [0.4, 0.5) is 0 Å². The lowest BCUT2D eigenvalue weighted by Gasteiger charge is -2.32. The van der Waals surface area contributed by atoms with Gasteiger partial charge in [0.25, 0.3) is 5.91 Å². The minimum atomic E-state index is -4.10. The number of nitrogens with one attached hydrogen (secondary N) is 2. The molecule has 0 aliphatic carbocycles. The molecule has 0 spiro atoms. The molecule has 0 fully saturated rings. The summed E-state index contributed by atoms with van der Waals surface area (Å²) in [5.41, 5.74) is 1.55. The van der Waals surface area contributed by atoms with Crippen LogP contribution in [0.25, 0.3) is 0 Å². The number of ether oxygens (including phenoxy) is 1. The summed E-state index contributed by atoms with van der Waals surface area (Å²) in [4.78, 5) is 12.4. The van der Waals surface area contributed by atoms with Crippen molar-refractivity contribution in [2.75, 3.05) is 0 Å². The van der Waals surface area contributed by atoms with Crippen LogP contribution in [0.15, 0.2) is 64.2 Å². The smallest absolute Gasteiger partial charge is 0.262 e. The standard InChI is InChI=1S/C21H24BrN5O5S2/c1-21(2,33-12-18-24-23-13-27(18)3)19(20(28)25-29)26-34(30,31)17-10-8-16(9-11-17)32-15-6-4-14(22)5-7-15/h4-11,13,19,26,29H,12H2,1-3H3,(H,25,28). The van der Waals surface area contributed by atoms with E-state index < -0.39 is 26.7 Å². The second-order valence-electron chi connectivity index (χ2n) is 7.81. The molecule has 3 aromatic rings. The first-order valence-electron chi connectivity index (χ1n) is 9.98. The number of rotatable bonds is 10. The molecule has 0 aliphatic heterocycles. The summed E-state index contributed by atoms with van der Waals surface area (Å²) in [6.45, 7) is 3.40. The van der Waals surface area contributed by atoms with Gasteiger partial charge in [0.1, 0.15) is 29.7 Å². The van der Waals surface area contributed by atoms with Gasteiger partial charge in [-0.1, -0.05) is 15.9 Å². The Morgan fingerprint density at radius 2 is 1.76 bits per heavy atom. The van der Waals surface area contributed by atoms with Gasteiger partial charge in [0.15, 0.2) is 0 Å². The number of hydrogen-bond donors (Lipinski definition) is 3. The zero-order valence-corrected chi connectivity index (χ0v) is 21.8. The van der Waals surface area contributed by atoms with Gasteiger partial charge in [-0.25, -0.2) is 13.9 Å². The number of hydrogen-bond acceptors (Lipinski definition) is 8. The minimum absolute atomic E-state index is 0.0551. The molecule has 1 amide bonds. The van der Waals surface area contributed by atoms with Crippen molar-refractivity contribution in [2.45, 2.75) is 35.3 Å². The Balaban J connectivity index is 1.75. The van der Waals surface area contributed by atoms with Crippen LogP contribution < -0.4 is 14.9 Å². The molecule has 1 aromatic heterocycles. The number of thioether (sulfide) groups is 1. The molecule has 182 valence electrons. The van der Waals surface area contributed by atoms with E-state index >= 15 is 0 Å². The van der Waals surface area contributed by atoms with Crippen LogP contribution >= 0.6 is 27.7 Å². The molecule has 10 nitrogen and oxygen atoms in total. The van der Waals surface area contributed by atoms with E-state index in [1.165, 1.54) is 36.0 Å². The summed E-state index contributed by atoms with van der Waals surface area (Å²) in [6.07, 6.45) is 1.55. The van der Waals surface area contributed by atoms with E-state index in [1.807, 2.05) is 12.1 Å². The SMILES string of the molecule is Cn1cnnc1CSC(C)(C)C(NS(=O)(=O)c1ccc(Oc2ccc(Br)cc2)cc1)C(=O)NO. The Kier molecular flexibility index (Phi) is 8.36. The predicted octanol–water partition coefficient (Wildman–Crippen LogP) is 3.23. The Bertz CT molecular complexity index is 1230. The van der Waals surface area contributed by atoms with Gasteiger partial charge in [0.05, 0.1) is 10.6 Å². The molecule has 3 rings (SSSR count). The zero-order valence-electron chi connectivity index (χ0n) is 18.6. The van der Waals surface area contributed by atoms with Gasteiger partial charge >= 0.3 is 0 Å². The average molecular weight is 570 g/mol. The van der Waals surface area contributed by atoms with E-state index in [-0.39, 0.29) is 4.90 Å². The molecule has 3 N–H and O–H groups in total. The number of carbonyl (C=O) groups excluding carboxylic acids is 1. The Morgan fingerprint density at radius 3 is 2.29 bits per heavy atom. The van der Waals surface area contributed by atoms with E-state index in [4.69, 9.17) is 4.74 Å². The van der Waals surface area contributed by atoms with Crippen molar-refractivity contribution in [1.29, 1.82) is 0 Å². The van der Waals surface area contributed by atoms with Gasteiger partial charge in [-0.3, -0.25) is 10.0 Å². The highest BCUT2D eigenvalue weighted by molar-refractivity contribution is 9.10. The van der Waals surface area contributed by atoms with Gasteiger partial charge in [0.2, 0.25) is 10.0 Å². The highest BCUT2D eigenvalue weighted by Crippen LogP contribution is 2.32. The van der Waals surface area contributed by atoms with Crippen molar-refractivity contribution in [1.82, 2.24) is 25.0 Å². The number of aromatic nitrogens is 3. The van der Waals surface area contributed by atoms with E-state index in [0.717, 1.165) is 4.47 Å². The lowest BCUT2D eigenvalue weighted by Crippen LogP contribution is -2.55. The van der Waals surface area contributed by atoms with Crippen LogP contribution in [0.3, 0.4) is 0 Å². The summed E-state index contributed by atoms with van der Waals surface area (Å²) < 4.78 is 35.9. The number of halogens is 1. The summed E-state index contributed by atoms with van der Waals surface area (Å²) in [6, 6.07) is 11.7. The van der Waals surface area contributed by atoms with Gasteiger partial charge in [0, 0.05) is 16.3 Å². The molecule has 0 saturated carbocycles. The lowest BCUT2D eigenvalue weighted by molar-refractivity contribution is -0.131. The van der Waals surface area contributed by atoms with Gasteiger partial charge in [-0.05, 0) is 62.4 Å². The van der Waals surface area contributed by atoms with Crippen LogP contribution in [-0.4, -0.2) is 45.1 Å². The highest BCUT2D eigenvalue weighted by atomic mass is 79.9. The molecule has 0 saturated heterocycles. The van der Waals surface area contributed by atoms with Crippen molar-refractivity contribution in [2.24, 2.45) is 7.05 Å². The summed E-state index contributed by atoms with van der Waals surface area (Å²) >= 11 is 4.65. The number of sulfonamides is 1. The first-order valence-corrected chi connectivity index (χ1v) is 13.2. The molecular formula is C21H24BrN5O5S2. The van der Waals surface area contributed by atoms with Crippen molar-refractivity contribution in [3.05, 3.63) is 65.2 Å². The number of aryl methyl sites for hydroxylation is 1. The second kappa shape index (κ2) is 10.9. The first-order chi connectivity index (χ1) is 16.0. The minimum Gasteiger partial charge on any atom is -0.457 e. The third-order valence-corrected chi connectivity index (χ3v) is 8.25. The van der Waals surface area contributed by atoms with E-state index in [1.54, 1.807) is 49.4 Å². The monoisotopic (exact) mass is 569 g/mol. The Labute approximate surface area is 210 Å². The zero-order chi connectivity index (χ0) is 24.9. The number of benzene rings is 2. The molecule has 13 heteroatoms. The predicted molar refractivity (Wildman–Crippen MR) is 131 cm³/mol. The first kappa shape index (κ1) is 26.2. The molecule has 1 heterocycles. The maximum absolute atomic E-state index is 13.0. The topological polar surface area (TPSA) is 135 Å². The number of nitrogens with zero attached hydrogens (tertiary/aromatic N) is 3. The van der Waals surface area contributed by atoms with Crippen molar-refractivity contribution >= 4 is 43.6 Å². The molecule has 0 bridgehead atoms. The molecule has 34 heavy (non-hydrogen) atoms. The summed E-state index contributed by atoms with van der Waals surface area (Å²) in [7, 11) is -2.32. The second-order valence-corrected chi connectivity index (χ2v) is 12.1. The highest BCUT2D eigenvalue weighted by Gasteiger charge is 2.39. The van der Waals surface area contributed by atoms with E-state index in [9.17, 15) is 18.4 Å². The van der Waals surface area contributed by atoms with Crippen LogP contribution in [0, 0.1) is 0 Å². The third-order valence-electron chi connectivity index (χ3n) is 4.90. The van der Waals surface area contributed by atoms with Gasteiger partial charge in [-0.2, -0.15) is 4.72 Å².